The molecule has 5 nitrogen and oxygen atoms in total. The predicted molar refractivity (Wildman–Crippen MR) is 90.4 cm³/mol. The first-order valence-corrected chi connectivity index (χ1v) is 8.72. The number of nitrogens with zero attached hydrogens (tertiary/aromatic N) is 1. The standard InChI is InChI=1S/C17H22BrNO4/c18-14-3-1-4-15(12-14)23-10-2-5-16(20)19-8-6-13(7-9-19)11-17(21)22/h1,3-4,12-13H,2,5-11H2,(H,21,22). The minimum absolute atomic E-state index is 0.136. The Morgan fingerprint density at radius 1 is 1.30 bits per heavy atom. The molecule has 1 heterocycles. The summed E-state index contributed by atoms with van der Waals surface area (Å²) in [5.74, 6) is 0.383. The number of likely N-dealkylation sites (tertiary alicyclic amines) is 1. The van der Waals surface area contributed by atoms with E-state index in [2.05, 4.69) is 15.9 Å². The van der Waals surface area contributed by atoms with Crippen LogP contribution in [0.25, 0.3) is 0 Å². The van der Waals surface area contributed by atoms with E-state index in [1.165, 1.54) is 0 Å². The lowest BCUT2D eigenvalue weighted by Crippen LogP contribution is -2.38. The van der Waals surface area contributed by atoms with Gasteiger partial charge in [0.05, 0.1) is 6.61 Å². The van der Waals surface area contributed by atoms with E-state index in [4.69, 9.17) is 9.84 Å². The zero-order valence-electron chi connectivity index (χ0n) is 13.0. The summed E-state index contributed by atoms with van der Waals surface area (Å²) in [4.78, 5) is 24.7. The molecule has 1 aromatic rings. The van der Waals surface area contributed by atoms with Crippen LogP contribution >= 0.6 is 15.9 Å². The number of aliphatic carboxylic acids is 1. The Morgan fingerprint density at radius 2 is 2.04 bits per heavy atom. The van der Waals surface area contributed by atoms with Gasteiger partial charge < -0.3 is 14.7 Å². The van der Waals surface area contributed by atoms with Crippen molar-refractivity contribution in [2.45, 2.75) is 32.1 Å². The molecular formula is C17H22BrNO4. The second-order valence-electron chi connectivity index (χ2n) is 5.83. The Balaban J connectivity index is 1.63. The number of carbonyl (C=O) groups excluding carboxylic acids is 1. The number of carbonyl (C=O) groups is 2. The Bertz CT molecular complexity index is 541. The van der Waals surface area contributed by atoms with E-state index < -0.39 is 5.97 Å². The van der Waals surface area contributed by atoms with Crippen LogP contribution in [0.3, 0.4) is 0 Å². The van der Waals surface area contributed by atoms with Crippen molar-refractivity contribution in [1.29, 1.82) is 0 Å². The van der Waals surface area contributed by atoms with Gasteiger partial charge in [-0.1, -0.05) is 22.0 Å². The number of rotatable bonds is 7. The summed E-state index contributed by atoms with van der Waals surface area (Å²) in [7, 11) is 0. The van der Waals surface area contributed by atoms with Gasteiger partial charge in [0.2, 0.25) is 5.91 Å². The van der Waals surface area contributed by atoms with Gasteiger partial charge in [-0.05, 0) is 43.4 Å². The Morgan fingerprint density at radius 3 is 2.70 bits per heavy atom. The van der Waals surface area contributed by atoms with E-state index in [1.54, 1.807) is 0 Å². The maximum Gasteiger partial charge on any atom is 0.303 e. The van der Waals surface area contributed by atoms with Gasteiger partial charge in [0.1, 0.15) is 5.75 Å². The van der Waals surface area contributed by atoms with E-state index >= 15 is 0 Å². The fourth-order valence-electron chi connectivity index (χ4n) is 2.76. The normalized spacial score (nSPS) is 15.4. The van der Waals surface area contributed by atoms with Gasteiger partial charge in [0.15, 0.2) is 0 Å². The second-order valence-corrected chi connectivity index (χ2v) is 6.75. The van der Waals surface area contributed by atoms with Gasteiger partial charge >= 0.3 is 5.97 Å². The van der Waals surface area contributed by atoms with Crippen LogP contribution in [0.5, 0.6) is 5.75 Å². The molecule has 1 fully saturated rings. The SMILES string of the molecule is O=C(O)CC1CCN(C(=O)CCCOc2cccc(Br)c2)CC1. The van der Waals surface area contributed by atoms with Crippen molar-refractivity contribution in [2.24, 2.45) is 5.92 Å². The van der Waals surface area contributed by atoms with Crippen LogP contribution in [0.1, 0.15) is 32.1 Å². The molecule has 126 valence electrons. The van der Waals surface area contributed by atoms with Crippen molar-refractivity contribution in [3.05, 3.63) is 28.7 Å². The Hall–Kier alpha value is -1.56. The van der Waals surface area contributed by atoms with E-state index in [9.17, 15) is 9.59 Å². The molecule has 0 bridgehead atoms. The first-order valence-electron chi connectivity index (χ1n) is 7.92. The third-order valence-corrected chi connectivity index (χ3v) is 4.52. The zero-order chi connectivity index (χ0) is 16.7. The van der Waals surface area contributed by atoms with Crippen LogP contribution in [0.4, 0.5) is 0 Å². The average Bonchev–Trinajstić information content (AvgIpc) is 2.51. The number of ether oxygens (including phenoxy) is 1. The largest absolute Gasteiger partial charge is 0.494 e. The molecule has 0 atom stereocenters. The molecule has 0 unspecified atom stereocenters. The summed E-state index contributed by atoms with van der Waals surface area (Å²) < 4.78 is 6.59. The number of piperidine rings is 1. The van der Waals surface area contributed by atoms with Crippen LogP contribution < -0.4 is 4.74 Å². The van der Waals surface area contributed by atoms with Crippen LogP contribution in [-0.4, -0.2) is 41.6 Å². The Labute approximate surface area is 144 Å². The van der Waals surface area contributed by atoms with Crippen molar-refractivity contribution in [3.63, 3.8) is 0 Å². The summed E-state index contributed by atoms with van der Waals surface area (Å²) in [5, 5.41) is 8.80. The molecule has 6 heteroatoms. The van der Waals surface area contributed by atoms with Crippen LogP contribution in [-0.2, 0) is 9.59 Å². The topological polar surface area (TPSA) is 66.8 Å². The summed E-state index contributed by atoms with van der Waals surface area (Å²) in [5.41, 5.74) is 0. The number of hydrogen-bond donors (Lipinski definition) is 1. The molecule has 1 amide bonds. The molecule has 1 saturated heterocycles. The smallest absolute Gasteiger partial charge is 0.303 e. The lowest BCUT2D eigenvalue weighted by Gasteiger charge is -2.31. The third-order valence-electron chi connectivity index (χ3n) is 4.03. The average molecular weight is 384 g/mol. The van der Waals surface area contributed by atoms with Gasteiger partial charge in [-0.25, -0.2) is 0 Å². The summed E-state index contributed by atoms with van der Waals surface area (Å²) >= 11 is 3.39. The highest BCUT2D eigenvalue weighted by atomic mass is 79.9. The second kappa shape index (κ2) is 8.91. The molecule has 1 N–H and O–H groups in total. The summed E-state index contributed by atoms with van der Waals surface area (Å²) in [6.07, 6.45) is 2.93. The van der Waals surface area contributed by atoms with Gasteiger partial charge in [-0.15, -0.1) is 0 Å². The van der Waals surface area contributed by atoms with E-state index in [-0.39, 0.29) is 18.2 Å². The fraction of sp³-hybridized carbons (Fsp3) is 0.529. The minimum Gasteiger partial charge on any atom is -0.494 e. The van der Waals surface area contributed by atoms with Gasteiger partial charge in [-0.3, -0.25) is 9.59 Å². The van der Waals surface area contributed by atoms with Crippen LogP contribution in [0.2, 0.25) is 0 Å². The van der Waals surface area contributed by atoms with Crippen molar-refractivity contribution >= 4 is 27.8 Å². The quantitative estimate of drug-likeness (QED) is 0.733. The maximum absolute atomic E-state index is 12.1. The lowest BCUT2D eigenvalue weighted by atomic mass is 9.93. The van der Waals surface area contributed by atoms with Gasteiger partial charge in [0, 0.05) is 30.4 Å². The molecule has 0 aromatic heterocycles. The third kappa shape index (κ3) is 6.22. The molecule has 1 aliphatic heterocycles. The minimum atomic E-state index is -0.750. The predicted octanol–water partition coefficient (Wildman–Crippen LogP) is 3.32. The first kappa shape index (κ1) is 17.8. The first-order chi connectivity index (χ1) is 11.0. The van der Waals surface area contributed by atoms with Crippen molar-refractivity contribution in [3.8, 4) is 5.75 Å². The molecule has 0 saturated carbocycles. The number of hydrogen-bond acceptors (Lipinski definition) is 3. The number of carboxylic acids is 1. The van der Waals surface area contributed by atoms with Gasteiger partial charge in [0.25, 0.3) is 0 Å². The highest BCUT2D eigenvalue weighted by molar-refractivity contribution is 9.10. The molecular weight excluding hydrogens is 362 g/mol. The number of halogens is 1. The molecule has 1 aromatic carbocycles. The monoisotopic (exact) mass is 383 g/mol. The highest BCUT2D eigenvalue weighted by Gasteiger charge is 2.23. The van der Waals surface area contributed by atoms with E-state index in [0.717, 1.165) is 23.1 Å². The van der Waals surface area contributed by atoms with Crippen molar-refractivity contribution < 1.29 is 19.4 Å². The maximum atomic E-state index is 12.1. The molecule has 0 aliphatic carbocycles. The van der Waals surface area contributed by atoms with Crippen LogP contribution in [0.15, 0.2) is 28.7 Å². The number of amides is 1. The zero-order valence-corrected chi connectivity index (χ0v) is 14.6. The molecule has 23 heavy (non-hydrogen) atoms. The lowest BCUT2D eigenvalue weighted by molar-refractivity contribution is -0.138. The Kier molecular flexibility index (Phi) is 6.89. The molecule has 2 rings (SSSR count). The van der Waals surface area contributed by atoms with Crippen molar-refractivity contribution in [1.82, 2.24) is 4.90 Å². The van der Waals surface area contributed by atoms with E-state index in [0.29, 0.717) is 32.5 Å². The summed E-state index contributed by atoms with van der Waals surface area (Å²) in [6.45, 7) is 1.85. The van der Waals surface area contributed by atoms with Gasteiger partial charge in [-0.2, -0.15) is 0 Å². The molecule has 0 spiro atoms. The number of carboxylic acid groups (broad SMARTS) is 1. The van der Waals surface area contributed by atoms with E-state index in [1.807, 2.05) is 29.2 Å². The fourth-order valence-corrected chi connectivity index (χ4v) is 3.14. The van der Waals surface area contributed by atoms with Crippen LogP contribution in [0, 0.1) is 5.92 Å². The van der Waals surface area contributed by atoms with Crippen molar-refractivity contribution in [2.75, 3.05) is 19.7 Å². The summed E-state index contributed by atoms with van der Waals surface area (Å²) in [6, 6.07) is 7.63. The number of benzene rings is 1. The molecule has 0 radical (unpaired) electrons. The highest BCUT2D eigenvalue weighted by Crippen LogP contribution is 2.21. The molecule has 1 aliphatic rings.